The van der Waals surface area contributed by atoms with E-state index in [9.17, 15) is 5.11 Å². The lowest BCUT2D eigenvalue weighted by Crippen LogP contribution is -1.87. The van der Waals surface area contributed by atoms with E-state index < -0.39 is 0 Å². The molecule has 98 valence electrons. The van der Waals surface area contributed by atoms with Crippen LogP contribution in [0.3, 0.4) is 0 Å². The van der Waals surface area contributed by atoms with Gasteiger partial charge in [-0.05, 0) is 67.1 Å². The van der Waals surface area contributed by atoms with E-state index in [0.29, 0.717) is 5.75 Å². The Labute approximate surface area is 115 Å². The van der Waals surface area contributed by atoms with Gasteiger partial charge in [-0.2, -0.15) is 0 Å². The van der Waals surface area contributed by atoms with Gasteiger partial charge in [0, 0.05) is 0 Å². The van der Waals surface area contributed by atoms with Gasteiger partial charge in [0.15, 0.2) is 0 Å². The Morgan fingerprint density at radius 1 is 0.737 bits per heavy atom. The van der Waals surface area contributed by atoms with Gasteiger partial charge in [-0.1, -0.05) is 36.4 Å². The molecule has 0 atom stereocenters. The molecule has 0 unspecified atom stereocenters. The molecule has 0 radical (unpaired) electrons. The summed E-state index contributed by atoms with van der Waals surface area (Å²) in [6, 6.07) is 10.1. The predicted octanol–water partition coefficient (Wildman–Crippen LogP) is 4.80. The smallest absolute Gasteiger partial charge is 0.119 e. The van der Waals surface area contributed by atoms with E-state index in [-0.39, 0.29) is 0 Å². The molecule has 2 aromatic carbocycles. The summed E-state index contributed by atoms with van der Waals surface area (Å²) in [5.41, 5.74) is 7.08. The molecule has 0 spiro atoms. The topological polar surface area (TPSA) is 20.2 Å². The Balaban J connectivity index is 2.30. The number of phenols is 1. The summed E-state index contributed by atoms with van der Waals surface area (Å²) < 4.78 is 0. The third-order valence-electron chi connectivity index (χ3n) is 3.65. The molecule has 0 aromatic heterocycles. The fourth-order valence-electron chi connectivity index (χ4n) is 2.09. The average molecular weight is 252 g/mol. The molecule has 0 aliphatic rings. The second-order valence-electron chi connectivity index (χ2n) is 5.16. The Morgan fingerprint density at radius 2 is 1.32 bits per heavy atom. The number of hydrogen-bond donors (Lipinski definition) is 1. The van der Waals surface area contributed by atoms with Gasteiger partial charge in [-0.25, -0.2) is 0 Å². The van der Waals surface area contributed by atoms with Gasteiger partial charge in [-0.15, -0.1) is 0 Å². The first-order valence-corrected chi connectivity index (χ1v) is 6.53. The zero-order chi connectivity index (χ0) is 14.0. The molecule has 0 aliphatic heterocycles. The van der Waals surface area contributed by atoms with Crippen molar-refractivity contribution in [2.75, 3.05) is 0 Å². The lowest BCUT2D eigenvalue weighted by atomic mass is 10.00. The molecular formula is C18H20O. The largest absolute Gasteiger partial charge is 0.508 e. The zero-order valence-corrected chi connectivity index (χ0v) is 12.0. The third-order valence-corrected chi connectivity index (χ3v) is 3.65. The van der Waals surface area contributed by atoms with Crippen LogP contribution < -0.4 is 0 Å². The lowest BCUT2D eigenvalue weighted by molar-refractivity contribution is 0.471. The summed E-state index contributed by atoms with van der Waals surface area (Å²) in [6.45, 7) is 8.32. The second-order valence-corrected chi connectivity index (χ2v) is 5.16. The van der Waals surface area contributed by atoms with Crippen LogP contribution in [0, 0.1) is 27.7 Å². The van der Waals surface area contributed by atoms with Crippen molar-refractivity contribution in [3.63, 3.8) is 0 Å². The standard InChI is InChI=1S/C18H20O/c1-12-5-6-16(11-18(12)19)7-8-17-9-13(2)15(4)14(3)10-17/h5-11,19H,1-4H3/b8-7-. The summed E-state index contributed by atoms with van der Waals surface area (Å²) >= 11 is 0. The van der Waals surface area contributed by atoms with Crippen LogP contribution in [0.5, 0.6) is 5.75 Å². The van der Waals surface area contributed by atoms with Crippen LogP contribution in [0.1, 0.15) is 33.4 Å². The monoisotopic (exact) mass is 252 g/mol. The maximum absolute atomic E-state index is 9.69. The second kappa shape index (κ2) is 5.31. The quantitative estimate of drug-likeness (QED) is 0.761. The molecule has 0 heterocycles. The first-order chi connectivity index (χ1) is 8.97. The summed E-state index contributed by atoms with van der Waals surface area (Å²) in [5, 5.41) is 9.69. The van der Waals surface area contributed by atoms with Gasteiger partial charge in [0.05, 0.1) is 0 Å². The van der Waals surface area contributed by atoms with Crippen LogP contribution >= 0.6 is 0 Å². The highest BCUT2D eigenvalue weighted by molar-refractivity contribution is 5.71. The van der Waals surface area contributed by atoms with E-state index in [0.717, 1.165) is 11.1 Å². The molecule has 0 fully saturated rings. The number of phenolic OH excluding ortho intramolecular Hbond substituents is 1. The molecule has 2 aromatic rings. The lowest BCUT2D eigenvalue weighted by Gasteiger charge is -2.06. The third kappa shape index (κ3) is 3.05. The van der Waals surface area contributed by atoms with Crippen LogP contribution in [-0.2, 0) is 0 Å². The normalized spacial score (nSPS) is 11.2. The minimum absolute atomic E-state index is 0.346. The van der Waals surface area contributed by atoms with Gasteiger partial charge in [0.25, 0.3) is 0 Å². The average Bonchev–Trinajstić information content (AvgIpc) is 2.37. The van der Waals surface area contributed by atoms with E-state index in [2.05, 4.69) is 39.0 Å². The van der Waals surface area contributed by atoms with Crippen molar-refractivity contribution in [2.45, 2.75) is 27.7 Å². The van der Waals surface area contributed by atoms with Crippen molar-refractivity contribution in [2.24, 2.45) is 0 Å². The van der Waals surface area contributed by atoms with E-state index in [1.807, 2.05) is 25.1 Å². The number of rotatable bonds is 2. The highest BCUT2D eigenvalue weighted by Gasteiger charge is 1.99. The summed E-state index contributed by atoms with van der Waals surface area (Å²) in [5.74, 6) is 0.346. The van der Waals surface area contributed by atoms with Gasteiger partial charge >= 0.3 is 0 Å². The van der Waals surface area contributed by atoms with Crippen LogP contribution in [0.2, 0.25) is 0 Å². The maximum atomic E-state index is 9.69. The van der Waals surface area contributed by atoms with Crippen molar-refractivity contribution in [1.29, 1.82) is 0 Å². The van der Waals surface area contributed by atoms with Crippen molar-refractivity contribution in [3.05, 3.63) is 63.7 Å². The molecule has 2 rings (SSSR count). The van der Waals surface area contributed by atoms with E-state index in [1.165, 1.54) is 22.3 Å². The van der Waals surface area contributed by atoms with Crippen LogP contribution in [0.15, 0.2) is 30.3 Å². The Morgan fingerprint density at radius 3 is 1.89 bits per heavy atom. The molecule has 0 saturated carbocycles. The van der Waals surface area contributed by atoms with Crippen LogP contribution in [0.4, 0.5) is 0 Å². The predicted molar refractivity (Wildman–Crippen MR) is 82.4 cm³/mol. The molecule has 1 heteroatoms. The van der Waals surface area contributed by atoms with Gasteiger partial charge in [0.1, 0.15) is 5.75 Å². The van der Waals surface area contributed by atoms with Crippen LogP contribution in [0.25, 0.3) is 12.2 Å². The number of aromatic hydroxyl groups is 1. The SMILES string of the molecule is Cc1ccc(/C=C\c2cc(C)c(C)c(C)c2)cc1O. The highest BCUT2D eigenvalue weighted by Crippen LogP contribution is 2.20. The molecule has 0 amide bonds. The summed E-state index contributed by atoms with van der Waals surface area (Å²) in [4.78, 5) is 0. The molecule has 0 aliphatic carbocycles. The number of hydrogen-bond acceptors (Lipinski definition) is 1. The number of aryl methyl sites for hydroxylation is 3. The van der Waals surface area contributed by atoms with E-state index in [4.69, 9.17) is 0 Å². The summed E-state index contributed by atoms with van der Waals surface area (Å²) in [7, 11) is 0. The Kier molecular flexibility index (Phi) is 3.75. The van der Waals surface area contributed by atoms with Crippen molar-refractivity contribution >= 4 is 12.2 Å². The molecule has 1 nitrogen and oxygen atoms in total. The Bertz CT molecular complexity index is 613. The molecule has 19 heavy (non-hydrogen) atoms. The fraction of sp³-hybridized carbons (Fsp3) is 0.222. The van der Waals surface area contributed by atoms with Gasteiger partial charge in [-0.3, -0.25) is 0 Å². The van der Waals surface area contributed by atoms with E-state index in [1.54, 1.807) is 6.07 Å². The van der Waals surface area contributed by atoms with Crippen LogP contribution in [-0.4, -0.2) is 5.11 Å². The van der Waals surface area contributed by atoms with Gasteiger partial charge < -0.3 is 5.11 Å². The van der Waals surface area contributed by atoms with E-state index >= 15 is 0 Å². The minimum Gasteiger partial charge on any atom is -0.508 e. The zero-order valence-electron chi connectivity index (χ0n) is 12.0. The highest BCUT2D eigenvalue weighted by atomic mass is 16.3. The summed E-state index contributed by atoms with van der Waals surface area (Å²) in [6.07, 6.45) is 4.12. The Hall–Kier alpha value is -2.02. The molecule has 1 N–H and O–H groups in total. The first-order valence-electron chi connectivity index (χ1n) is 6.53. The first kappa shape index (κ1) is 13.4. The van der Waals surface area contributed by atoms with Crippen molar-refractivity contribution < 1.29 is 5.11 Å². The van der Waals surface area contributed by atoms with Gasteiger partial charge in [0.2, 0.25) is 0 Å². The molecular weight excluding hydrogens is 232 g/mol. The van der Waals surface area contributed by atoms with Crippen molar-refractivity contribution in [3.8, 4) is 5.75 Å². The minimum atomic E-state index is 0.346. The fourth-order valence-corrected chi connectivity index (χ4v) is 2.09. The molecule has 0 bridgehead atoms. The molecule has 0 saturated heterocycles. The maximum Gasteiger partial charge on any atom is 0.119 e. The number of benzene rings is 2. The van der Waals surface area contributed by atoms with Crippen molar-refractivity contribution in [1.82, 2.24) is 0 Å².